The van der Waals surface area contributed by atoms with Crippen molar-refractivity contribution in [3.8, 4) is 0 Å². The SMILES string of the molecule is O=C(O)c1ccc(S(=O)(=O)NCCOC2CCCC2)s1. The second-order valence-corrected chi connectivity index (χ2v) is 7.68. The van der Waals surface area contributed by atoms with Gasteiger partial charge < -0.3 is 9.84 Å². The molecule has 0 aromatic carbocycles. The van der Waals surface area contributed by atoms with E-state index in [0.29, 0.717) is 6.61 Å². The molecule has 6 nitrogen and oxygen atoms in total. The van der Waals surface area contributed by atoms with Gasteiger partial charge in [0.2, 0.25) is 10.0 Å². The molecule has 20 heavy (non-hydrogen) atoms. The van der Waals surface area contributed by atoms with E-state index in [9.17, 15) is 13.2 Å². The van der Waals surface area contributed by atoms with Crippen LogP contribution in [0.25, 0.3) is 0 Å². The Bertz CT molecular complexity index is 560. The van der Waals surface area contributed by atoms with E-state index >= 15 is 0 Å². The topological polar surface area (TPSA) is 92.7 Å². The molecule has 2 rings (SSSR count). The molecule has 1 aliphatic carbocycles. The Labute approximate surface area is 121 Å². The molecule has 1 aromatic rings. The summed E-state index contributed by atoms with van der Waals surface area (Å²) in [7, 11) is -3.64. The van der Waals surface area contributed by atoms with Gasteiger partial charge in [-0.2, -0.15) is 0 Å². The molecule has 0 aliphatic heterocycles. The number of hydrogen-bond donors (Lipinski definition) is 2. The number of carbonyl (C=O) groups is 1. The Hall–Kier alpha value is -0.960. The van der Waals surface area contributed by atoms with E-state index in [0.717, 1.165) is 24.2 Å². The minimum Gasteiger partial charge on any atom is -0.477 e. The summed E-state index contributed by atoms with van der Waals surface area (Å²) in [5.41, 5.74) is 0. The number of carboxylic acid groups (broad SMARTS) is 1. The largest absolute Gasteiger partial charge is 0.477 e. The van der Waals surface area contributed by atoms with Crippen LogP contribution in [0.1, 0.15) is 35.4 Å². The zero-order valence-electron chi connectivity index (χ0n) is 10.9. The molecular weight excluding hydrogens is 302 g/mol. The van der Waals surface area contributed by atoms with Crippen LogP contribution in [0, 0.1) is 0 Å². The highest BCUT2D eigenvalue weighted by Gasteiger charge is 2.19. The Balaban J connectivity index is 1.82. The second kappa shape index (κ2) is 6.66. The number of sulfonamides is 1. The molecule has 0 spiro atoms. The first-order valence-corrected chi connectivity index (χ1v) is 8.73. The van der Waals surface area contributed by atoms with Gasteiger partial charge in [0.15, 0.2) is 0 Å². The third kappa shape index (κ3) is 4.02. The lowest BCUT2D eigenvalue weighted by molar-refractivity contribution is 0.0626. The van der Waals surface area contributed by atoms with Crippen LogP contribution in [-0.4, -0.2) is 38.7 Å². The van der Waals surface area contributed by atoms with Crippen molar-refractivity contribution in [2.45, 2.75) is 36.0 Å². The first-order chi connectivity index (χ1) is 9.49. The smallest absolute Gasteiger partial charge is 0.345 e. The van der Waals surface area contributed by atoms with Crippen LogP contribution >= 0.6 is 11.3 Å². The van der Waals surface area contributed by atoms with Gasteiger partial charge in [0.25, 0.3) is 0 Å². The molecular formula is C12H17NO5S2. The molecule has 0 radical (unpaired) electrons. The Kier molecular flexibility index (Phi) is 5.14. The monoisotopic (exact) mass is 319 g/mol. The summed E-state index contributed by atoms with van der Waals surface area (Å²) in [6.45, 7) is 0.528. The normalized spacial score (nSPS) is 16.6. The van der Waals surface area contributed by atoms with Gasteiger partial charge in [-0.1, -0.05) is 12.8 Å². The van der Waals surface area contributed by atoms with E-state index in [1.54, 1.807) is 0 Å². The maximum Gasteiger partial charge on any atom is 0.345 e. The van der Waals surface area contributed by atoms with Gasteiger partial charge in [-0.15, -0.1) is 11.3 Å². The average molecular weight is 319 g/mol. The third-order valence-corrected chi connectivity index (χ3v) is 6.13. The zero-order chi connectivity index (χ0) is 14.6. The molecule has 1 aromatic heterocycles. The van der Waals surface area contributed by atoms with Crippen LogP contribution in [0.4, 0.5) is 0 Å². The number of thiophene rings is 1. The van der Waals surface area contributed by atoms with E-state index in [2.05, 4.69) is 4.72 Å². The summed E-state index contributed by atoms with van der Waals surface area (Å²) in [4.78, 5) is 10.7. The highest BCUT2D eigenvalue weighted by Crippen LogP contribution is 2.22. The molecule has 112 valence electrons. The first-order valence-electron chi connectivity index (χ1n) is 6.43. The summed E-state index contributed by atoms with van der Waals surface area (Å²) < 4.78 is 31.8. The van der Waals surface area contributed by atoms with Crippen LogP contribution < -0.4 is 4.72 Å². The lowest BCUT2D eigenvalue weighted by Gasteiger charge is -2.11. The van der Waals surface area contributed by atoms with Crippen molar-refractivity contribution in [3.05, 3.63) is 17.0 Å². The molecule has 0 saturated heterocycles. The molecule has 0 bridgehead atoms. The molecule has 0 atom stereocenters. The maximum absolute atomic E-state index is 11.9. The Morgan fingerprint density at radius 3 is 2.70 bits per heavy atom. The summed E-state index contributed by atoms with van der Waals surface area (Å²) in [6.07, 6.45) is 4.67. The van der Waals surface area contributed by atoms with Crippen molar-refractivity contribution in [3.63, 3.8) is 0 Å². The third-order valence-electron chi connectivity index (χ3n) is 3.11. The summed E-state index contributed by atoms with van der Waals surface area (Å²) in [5, 5.41) is 8.77. The molecule has 1 fully saturated rings. The van der Waals surface area contributed by atoms with Gasteiger partial charge in [-0.05, 0) is 25.0 Å². The van der Waals surface area contributed by atoms with Gasteiger partial charge in [0, 0.05) is 6.54 Å². The molecule has 2 N–H and O–H groups in total. The number of aromatic carboxylic acids is 1. The van der Waals surface area contributed by atoms with Crippen LogP contribution in [-0.2, 0) is 14.8 Å². The van der Waals surface area contributed by atoms with Crippen LogP contribution in [0.3, 0.4) is 0 Å². The van der Waals surface area contributed by atoms with Crippen LogP contribution in [0.5, 0.6) is 0 Å². The van der Waals surface area contributed by atoms with Gasteiger partial charge in [-0.3, -0.25) is 0 Å². The number of rotatable bonds is 7. The van der Waals surface area contributed by atoms with Crippen LogP contribution in [0.15, 0.2) is 16.3 Å². The molecule has 8 heteroatoms. The van der Waals surface area contributed by atoms with Crippen molar-refractivity contribution in [1.82, 2.24) is 4.72 Å². The van der Waals surface area contributed by atoms with Crippen molar-refractivity contribution >= 4 is 27.3 Å². The summed E-state index contributed by atoms with van der Waals surface area (Å²) in [5.74, 6) is -1.12. The van der Waals surface area contributed by atoms with E-state index in [1.807, 2.05) is 0 Å². The van der Waals surface area contributed by atoms with Gasteiger partial charge >= 0.3 is 5.97 Å². The van der Waals surface area contributed by atoms with E-state index < -0.39 is 16.0 Å². The van der Waals surface area contributed by atoms with Gasteiger partial charge in [0.1, 0.15) is 9.09 Å². The Morgan fingerprint density at radius 1 is 1.40 bits per heavy atom. The minimum absolute atomic E-state index is 0.00702. The van der Waals surface area contributed by atoms with E-state index in [1.165, 1.54) is 25.0 Å². The lowest BCUT2D eigenvalue weighted by Crippen LogP contribution is -2.28. The average Bonchev–Trinajstić information content (AvgIpc) is 3.05. The Morgan fingerprint density at radius 2 is 2.10 bits per heavy atom. The number of nitrogens with one attached hydrogen (secondary N) is 1. The number of hydrogen-bond acceptors (Lipinski definition) is 5. The highest BCUT2D eigenvalue weighted by atomic mass is 32.2. The molecule has 0 amide bonds. The minimum atomic E-state index is -3.64. The predicted octanol–water partition coefficient (Wildman–Crippen LogP) is 1.68. The van der Waals surface area contributed by atoms with Crippen LogP contribution in [0.2, 0.25) is 0 Å². The fourth-order valence-electron chi connectivity index (χ4n) is 2.11. The number of carboxylic acids is 1. The lowest BCUT2D eigenvalue weighted by atomic mass is 10.3. The van der Waals surface area contributed by atoms with Crippen molar-refractivity contribution in [2.24, 2.45) is 0 Å². The van der Waals surface area contributed by atoms with Gasteiger partial charge in [0.05, 0.1) is 12.7 Å². The predicted molar refractivity (Wildman–Crippen MR) is 74.7 cm³/mol. The maximum atomic E-state index is 11.9. The zero-order valence-corrected chi connectivity index (χ0v) is 12.5. The fraction of sp³-hybridized carbons (Fsp3) is 0.583. The molecule has 1 aliphatic rings. The standard InChI is InChI=1S/C12H17NO5S2/c14-12(15)10-5-6-11(19-10)20(16,17)13-7-8-18-9-3-1-2-4-9/h5-6,9,13H,1-4,7-8H2,(H,14,15). The summed E-state index contributed by atoms with van der Waals surface area (Å²) >= 11 is 0.740. The quantitative estimate of drug-likeness (QED) is 0.746. The second-order valence-electron chi connectivity index (χ2n) is 4.60. The number of ether oxygens (including phenoxy) is 1. The first kappa shape index (κ1) is 15.4. The molecule has 0 unspecified atom stereocenters. The van der Waals surface area contributed by atoms with E-state index in [-0.39, 0.29) is 21.7 Å². The van der Waals surface area contributed by atoms with Crippen molar-refractivity contribution in [2.75, 3.05) is 13.2 Å². The molecule has 1 saturated carbocycles. The van der Waals surface area contributed by atoms with E-state index in [4.69, 9.17) is 9.84 Å². The van der Waals surface area contributed by atoms with Crippen molar-refractivity contribution in [1.29, 1.82) is 0 Å². The fourth-order valence-corrected chi connectivity index (χ4v) is 4.31. The van der Waals surface area contributed by atoms with Crippen molar-refractivity contribution < 1.29 is 23.1 Å². The highest BCUT2D eigenvalue weighted by molar-refractivity contribution is 7.91. The van der Waals surface area contributed by atoms with Gasteiger partial charge in [-0.25, -0.2) is 17.9 Å². The summed E-state index contributed by atoms with van der Waals surface area (Å²) in [6, 6.07) is 2.59. The molecule has 1 heterocycles.